The summed E-state index contributed by atoms with van der Waals surface area (Å²) in [6.07, 6.45) is 0. The van der Waals surface area contributed by atoms with E-state index in [1.54, 1.807) is 19.1 Å². The van der Waals surface area contributed by atoms with Crippen LogP contribution in [0, 0.1) is 18.3 Å². The average Bonchev–Trinajstić information content (AvgIpc) is 3.04. The summed E-state index contributed by atoms with van der Waals surface area (Å²) >= 11 is 7.49. The van der Waals surface area contributed by atoms with E-state index < -0.39 is 0 Å². The molecule has 0 aliphatic rings. The number of hydrogen-bond acceptors (Lipinski definition) is 6. The van der Waals surface area contributed by atoms with Crippen LogP contribution in [0.1, 0.15) is 11.3 Å². The maximum Gasteiger partial charge on any atom is 0.229 e. The molecule has 4 rings (SSSR count). The summed E-state index contributed by atoms with van der Waals surface area (Å²) in [5.41, 5.74) is 3.35. The summed E-state index contributed by atoms with van der Waals surface area (Å²) in [5.74, 6) is 0.408. The van der Waals surface area contributed by atoms with E-state index in [1.807, 2.05) is 36.4 Å². The van der Waals surface area contributed by atoms with Gasteiger partial charge in [0.05, 0.1) is 27.2 Å². The van der Waals surface area contributed by atoms with Crippen molar-refractivity contribution in [3.63, 3.8) is 0 Å². The largest absolute Gasteiger partial charge is 0.300 e. The third-order valence-corrected chi connectivity index (χ3v) is 5.04. The van der Waals surface area contributed by atoms with Gasteiger partial charge in [0.2, 0.25) is 5.95 Å². The first-order valence-electron chi connectivity index (χ1n) is 7.81. The monoisotopic (exact) mass is 377 g/mol. The summed E-state index contributed by atoms with van der Waals surface area (Å²) in [7, 11) is 0. The van der Waals surface area contributed by atoms with E-state index in [1.165, 1.54) is 11.3 Å². The predicted molar refractivity (Wildman–Crippen MR) is 105 cm³/mol. The van der Waals surface area contributed by atoms with E-state index in [0.29, 0.717) is 33.1 Å². The van der Waals surface area contributed by atoms with E-state index in [9.17, 15) is 5.26 Å². The number of aryl methyl sites for hydroxylation is 1. The molecule has 0 aliphatic heterocycles. The van der Waals surface area contributed by atoms with Crippen LogP contribution in [0.5, 0.6) is 0 Å². The Bertz CT molecular complexity index is 1110. The number of nitrogens with one attached hydrogen (secondary N) is 1. The fraction of sp³-hybridized carbons (Fsp3) is 0.0526. The van der Waals surface area contributed by atoms with Crippen LogP contribution in [-0.4, -0.2) is 15.0 Å². The van der Waals surface area contributed by atoms with Crippen LogP contribution in [-0.2, 0) is 0 Å². The molecule has 126 valence electrons. The first kappa shape index (κ1) is 16.5. The Labute approximate surface area is 159 Å². The van der Waals surface area contributed by atoms with Crippen LogP contribution >= 0.6 is 22.9 Å². The Kier molecular flexibility index (Phi) is 4.25. The van der Waals surface area contributed by atoms with Crippen LogP contribution in [0.4, 0.5) is 11.1 Å². The van der Waals surface area contributed by atoms with Crippen molar-refractivity contribution in [1.29, 1.82) is 5.26 Å². The third-order valence-electron chi connectivity index (χ3n) is 3.83. The second-order valence-electron chi connectivity index (χ2n) is 5.59. The highest BCUT2D eigenvalue weighted by Crippen LogP contribution is 2.29. The zero-order valence-electron chi connectivity index (χ0n) is 13.7. The SMILES string of the molecule is Cc1nc(Nc2nc3ccccc3s2)nc(-c2ccc(Cl)cc2)c1C#N. The number of thiazole rings is 1. The van der Waals surface area contributed by atoms with Gasteiger partial charge in [0.1, 0.15) is 6.07 Å². The molecule has 0 saturated heterocycles. The Morgan fingerprint density at radius 2 is 1.81 bits per heavy atom. The zero-order chi connectivity index (χ0) is 18.1. The molecule has 0 saturated carbocycles. The quantitative estimate of drug-likeness (QED) is 0.522. The van der Waals surface area contributed by atoms with Crippen molar-refractivity contribution in [3.05, 3.63) is 64.8 Å². The van der Waals surface area contributed by atoms with Gasteiger partial charge < -0.3 is 0 Å². The van der Waals surface area contributed by atoms with Gasteiger partial charge in [-0.3, -0.25) is 5.32 Å². The lowest BCUT2D eigenvalue weighted by Gasteiger charge is -2.09. The minimum atomic E-state index is 0.408. The molecule has 0 radical (unpaired) electrons. The molecule has 2 aromatic carbocycles. The van der Waals surface area contributed by atoms with Gasteiger partial charge in [-0.1, -0.05) is 47.2 Å². The Hall–Kier alpha value is -3.01. The number of aromatic nitrogens is 3. The molecule has 2 heterocycles. The van der Waals surface area contributed by atoms with E-state index in [4.69, 9.17) is 11.6 Å². The van der Waals surface area contributed by atoms with Gasteiger partial charge in [-0.25, -0.2) is 15.0 Å². The molecule has 26 heavy (non-hydrogen) atoms. The maximum atomic E-state index is 9.50. The Morgan fingerprint density at radius 1 is 1.04 bits per heavy atom. The molecule has 2 aromatic heterocycles. The van der Waals surface area contributed by atoms with E-state index in [2.05, 4.69) is 26.3 Å². The van der Waals surface area contributed by atoms with Gasteiger partial charge in [-0.2, -0.15) is 5.26 Å². The number of fused-ring (bicyclic) bond motifs is 1. The van der Waals surface area contributed by atoms with Crippen molar-refractivity contribution in [1.82, 2.24) is 15.0 Å². The molecule has 0 aliphatic carbocycles. The van der Waals surface area contributed by atoms with Crippen LogP contribution in [0.2, 0.25) is 5.02 Å². The number of anilines is 2. The third kappa shape index (κ3) is 3.10. The zero-order valence-corrected chi connectivity index (χ0v) is 15.3. The second-order valence-corrected chi connectivity index (χ2v) is 7.05. The van der Waals surface area contributed by atoms with Crippen LogP contribution in [0.25, 0.3) is 21.5 Å². The minimum absolute atomic E-state index is 0.408. The number of para-hydroxylation sites is 1. The first-order chi connectivity index (χ1) is 12.6. The van der Waals surface area contributed by atoms with Crippen molar-refractivity contribution in [2.24, 2.45) is 0 Å². The van der Waals surface area contributed by atoms with Crippen LogP contribution < -0.4 is 5.32 Å². The first-order valence-corrected chi connectivity index (χ1v) is 9.01. The summed E-state index contributed by atoms with van der Waals surface area (Å²) in [6, 6.07) is 17.3. The van der Waals surface area contributed by atoms with Gasteiger partial charge in [0.15, 0.2) is 5.13 Å². The smallest absolute Gasteiger partial charge is 0.229 e. The van der Waals surface area contributed by atoms with Crippen LogP contribution in [0.15, 0.2) is 48.5 Å². The molecular weight excluding hydrogens is 366 g/mol. The fourth-order valence-electron chi connectivity index (χ4n) is 2.60. The molecule has 4 aromatic rings. The highest BCUT2D eigenvalue weighted by Gasteiger charge is 2.14. The lowest BCUT2D eigenvalue weighted by Crippen LogP contribution is -2.03. The molecule has 0 fully saturated rings. The van der Waals surface area contributed by atoms with Gasteiger partial charge in [-0.05, 0) is 31.2 Å². The molecule has 0 spiro atoms. The second kappa shape index (κ2) is 6.71. The molecule has 0 bridgehead atoms. The summed E-state index contributed by atoms with van der Waals surface area (Å²) in [4.78, 5) is 13.5. The predicted octanol–water partition coefficient (Wildman–Crippen LogP) is 5.33. The molecule has 0 atom stereocenters. The molecule has 0 amide bonds. The number of rotatable bonds is 3. The Morgan fingerprint density at radius 3 is 2.54 bits per heavy atom. The maximum absolute atomic E-state index is 9.50. The molecule has 0 unspecified atom stereocenters. The number of halogens is 1. The highest BCUT2D eigenvalue weighted by atomic mass is 35.5. The van der Waals surface area contributed by atoms with Crippen molar-refractivity contribution in [3.8, 4) is 17.3 Å². The van der Waals surface area contributed by atoms with E-state index in [-0.39, 0.29) is 0 Å². The van der Waals surface area contributed by atoms with Crippen molar-refractivity contribution in [2.75, 3.05) is 5.32 Å². The number of nitrogens with zero attached hydrogens (tertiary/aromatic N) is 4. The lowest BCUT2D eigenvalue weighted by atomic mass is 10.1. The summed E-state index contributed by atoms with van der Waals surface area (Å²) in [5, 5.41) is 14.0. The number of benzene rings is 2. The van der Waals surface area contributed by atoms with Gasteiger partial charge >= 0.3 is 0 Å². The van der Waals surface area contributed by atoms with Crippen molar-refractivity contribution >= 4 is 44.2 Å². The topological polar surface area (TPSA) is 74.5 Å². The van der Waals surface area contributed by atoms with Crippen molar-refractivity contribution < 1.29 is 0 Å². The highest BCUT2D eigenvalue weighted by molar-refractivity contribution is 7.22. The van der Waals surface area contributed by atoms with E-state index >= 15 is 0 Å². The van der Waals surface area contributed by atoms with Gasteiger partial charge in [-0.15, -0.1) is 0 Å². The summed E-state index contributed by atoms with van der Waals surface area (Å²) in [6.45, 7) is 1.79. The standard InChI is InChI=1S/C19H12ClN5S/c1-11-14(10-21)17(12-6-8-13(20)9-7-12)24-18(22-11)25-19-23-15-4-2-3-5-16(15)26-19/h2-9H,1H3,(H,22,23,24,25). The number of nitriles is 1. The molecule has 7 heteroatoms. The molecular formula is C19H12ClN5S. The fourth-order valence-corrected chi connectivity index (χ4v) is 3.59. The Balaban J connectivity index is 1.77. The van der Waals surface area contributed by atoms with Gasteiger partial charge in [0.25, 0.3) is 0 Å². The molecule has 1 N–H and O–H groups in total. The normalized spacial score (nSPS) is 10.7. The van der Waals surface area contributed by atoms with Crippen LogP contribution in [0.3, 0.4) is 0 Å². The average molecular weight is 378 g/mol. The summed E-state index contributed by atoms with van der Waals surface area (Å²) < 4.78 is 1.08. The molecule has 5 nitrogen and oxygen atoms in total. The lowest BCUT2D eigenvalue weighted by molar-refractivity contribution is 1.09. The van der Waals surface area contributed by atoms with Gasteiger partial charge in [0, 0.05) is 10.6 Å². The van der Waals surface area contributed by atoms with Crippen molar-refractivity contribution in [2.45, 2.75) is 6.92 Å². The number of hydrogen-bond donors (Lipinski definition) is 1. The minimum Gasteiger partial charge on any atom is -0.300 e. The van der Waals surface area contributed by atoms with E-state index in [0.717, 1.165) is 15.8 Å².